The van der Waals surface area contributed by atoms with E-state index in [2.05, 4.69) is 15.3 Å². The maximum absolute atomic E-state index is 13.3. The SMILES string of the molecule is O=C(Nc1ccc(O)c(-c2nc3cnccc3o2)c1)c1cccc(F)c1. The number of oxazole rings is 1. The number of halogens is 1. The molecule has 0 fully saturated rings. The highest BCUT2D eigenvalue weighted by Crippen LogP contribution is 2.33. The molecule has 2 aromatic heterocycles. The summed E-state index contributed by atoms with van der Waals surface area (Å²) in [5.74, 6) is -0.812. The third-order valence-corrected chi connectivity index (χ3v) is 3.76. The third kappa shape index (κ3) is 2.98. The normalized spacial score (nSPS) is 10.8. The number of nitrogens with zero attached hydrogens (tertiary/aromatic N) is 2. The van der Waals surface area contributed by atoms with Gasteiger partial charge >= 0.3 is 0 Å². The molecule has 0 saturated heterocycles. The second-order valence-corrected chi connectivity index (χ2v) is 5.56. The van der Waals surface area contributed by atoms with Crippen LogP contribution in [0.15, 0.2) is 65.3 Å². The lowest BCUT2D eigenvalue weighted by molar-refractivity contribution is 0.102. The van der Waals surface area contributed by atoms with E-state index in [9.17, 15) is 14.3 Å². The maximum Gasteiger partial charge on any atom is 0.255 e. The van der Waals surface area contributed by atoms with E-state index in [1.807, 2.05) is 0 Å². The largest absolute Gasteiger partial charge is 0.507 e. The molecule has 0 saturated carbocycles. The number of carbonyl (C=O) groups is 1. The van der Waals surface area contributed by atoms with Gasteiger partial charge in [-0.3, -0.25) is 9.78 Å². The zero-order valence-electron chi connectivity index (χ0n) is 13.3. The predicted octanol–water partition coefficient (Wildman–Crippen LogP) is 3.99. The van der Waals surface area contributed by atoms with Crippen LogP contribution in [-0.2, 0) is 0 Å². The van der Waals surface area contributed by atoms with Crippen molar-refractivity contribution in [2.75, 3.05) is 5.32 Å². The van der Waals surface area contributed by atoms with E-state index in [1.54, 1.807) is 18.5 Å². The van der Waals surface area contributed by atoms with Crippen LogP contribution >= 0.6 is 0 Å². The summed E-state index contributed by atoms with van der Waals surface area (Å²) < 4.78 is 18.9. The summed E-state index contributed by atoms with van der Waals surface area (Å²) in [5, 5.41) is 12.8. The van der Waals surface area contributed by atoms with Gasteiger partial charge < -0.3 is 14.8 Å². The molecule has 0 bridgehead atoms. The molecule has 0 spiro atoms. The summed E-state index contributed by atoms with van der Waals surface area (Å²) in [6.07, 6.45) is 3.13. The average Bonchev–Trinajstić information content (AvgIpc) is 3.07. The van der Waals surface area contributed by atoms with Crippen molar-refractivity contribution in [2.24, 2.45) is 0 Å². The summed E-state index contributed by atoms with van der Waals surface area (Å²) in [4.78, 5) is 20.5. The van der Waals surface area contributed by atoms with Gasteiger partial charge in [-0.15, -0.1) is 0 Å². The molecule has 6 nitrogen and oxygen atoms in total. The van der Waals surface area contributed by atoms with Gasteiger partial charge in [0, 0.05) is 23.5 Å². The van der Waals surface area contributed by atoms with Crippen molar-refractivity contribution in [1.82, 2.24) is 9.97 Å². The van der Waals surface area contributed by atoms with Crippen LogP contribution in [0.1, 0.15) is 10.4 Å². The van der Waals surface area contributed by atoms with E-state index in [0.717, 1.165) is 6.07 Å². The molecule has 0 aliphatic rings. The number of anilines is 1. The van der Waals surface area contributed by atoms with Crippen LogP contribution < -0.4 is 5.32 Å². The number of carbonyl (C=O) groups excluding carboxylic acids is 1. The van der Waals surface area contributed by atoms with Gasteiger partial charge in [0.25, 0.3) is 5.91 Å². The summed E-state index contributed by atoms with van der Waals surface area (Å²) in [6.45, 7) is 0. The molecule has 4 rings (SSSR count). The van der Waals surface area contributed by atoms with Gasteiger partial charge in [-0.25, -0.2) is 9.37 Å². The first-order valence-corrected chi connectivity index (χ1v) is 7.71. The number of aromatic hydroxyl groups is 1. The minimum atomic E-state index is -0.496. The van der Waals surface area contributed by atoms with E-state index in [4.69, 9.17) is 4.42 Å². The molecule has 26 heavy (non-hydrogen) atoms. The van der Waals surface area contributed by atoms with Gasteiger partial charge in [-0.05, 0) is 36.4 Å². The van der Waals surface area contributed by atoms with Gasteiger partial charge in [-0.1, -0.05) is 6.07 Å². The van der Waals surface area contributed by atoms with Gasteiger partial charge in [0.2, 0.25) is 5.89 Å². The first-order valence-electron chi connectivity index (χ1n) is 7.71. The lowest BCUT2D eigenvalue weighted by Gasteiger charge is -2.08. The van der Waals surface area contributed by atoms with E-state index < -0.39 is 11.7 Å². The number of amides is 1. The highest BCUT2D eigenvalue weighted by Gasteiger charge is 2.14. The number of hydrogen-bond acceptors (Lipinski definition) is 5. The van der Waals surface area contributed by atoms with Crippen LogP contribution in [0.4, 0.5) is 10.1 Å². The van der Waals surface area contributed by atoms with E-state index in [-0.39, 0.29) is 17.2 Å². The average molecular weight is 349 g/mol. The first kappa shape index (κ1) is 15.8. The number of fused-ring (bicyclic) bond motifs is 1. The molecule has 128 valence electrons. The molecule has 2 aromatic carbocycles. The van der Waals surface area contributed by atoms with Crippen molar-refractivity contribution in [2.45, 2.75) is 0 Å². The molecule has 0 radical (unpaired) electrons. The Morgan fingerprint density at radius 3 is 2.85 bits per heavy atom. The van der Waals surface area contributed by atoms with Crippen LogP contribution in [-0.4, -0.2) is 21.0 Å². The number of phenols is 1. The van der Waals surface area contributed by atoms with E-state index >= 15 is 0 Å². The van der Waals surface area contributed by atoms with Crippen LogP contribution in [0.2, 0.25) is 0 Å². The number of pyridine rings is 1. The predicted molar refractivity (Wildman–Crippen MR) is 93.3 cm³/mol. The van der Waals surface area contributed by atoms with Crippen LogP contribution in [0.5, 0.6) is 5.75 Å². The molecule has 7 heteroatoms. The van der Waals surface area contributed by atoms with Crippen molar-refractivity contribution < 1.29 is 18.7 Å². The minimum Gasteiger partial charge on any atom is -0.507 e. The highest BCUT2D eigenvalue weighted by molar-refractivity contribution is 6.04. The van der Waals surface area contributed by atoms with E-state index in [0.29, 0.717) is 22.4 Å². The summed E-state index contributed by atoms with van der Waals surface area (Å²) >= 11 is 0. The lowest BCUT2D eigenvalue weighted by Crippen LogP contribution is -2.12. The van der Waals surface area contributed by atoms with Crippen molar-refractivity contribution in [1.29, 1.82) is 0 Å². The number of aromatic nitrogens is 2. The van der Waals surface area contributed by atoms with Crippen molar-refractivity contribution >= 4 is 22.7 Å². The van der Waals surface area contributed by atoms with Gasteiger partial charge in [0.1, 0.15) is 17.1 Å². The fourth-order valence-electron chi connectivity index (χ4n) is 2.51. The second-order valence-electron chi connectivity index (χ2n) is 5.56. The number of rotatable bonds is 3. The van der Waals surface area contributed by atoms with Gasteiger partial charge in [0.05, 0.1) is 11.8 Å². The number of benzene rings is 2. The van der Waals surface area contributed by atoms with Crippen molar-refractivity contribution in [3.63, 3.8) is 0 Å². The Morgan fingerprint density at radius 2 is 2.04 bits per heavy atom. The number of nitrogens with one attached hydrogen (secondary N) is 1. The molecule has 0 unspecified atom stereocenters. The first-order chi connectivity index (χ1) is 12.6. The summed E-state index contributed by atoms with van der Waals surface area (Å²) in [5.41, 5.74) is 2.00. The Morgan fingerprint density at radius 1 is 1.15 bits per heavy atom. The Labute approximate surface area is 146 Å². The molecular weight excluding hydrogens is 337 g/mol. The molecule has 0 aliphatic carbocycles. The van der Waals surface area contributed by atoms with Crippen LogP contribution in [0.3, 0.4) is 0 Å². The fourth-order valence-corrected chi connectivity index (χ4v) is 2.51. The van der Waals surface area contributed by atoms with Crippen LogP contribution in [0.25, 0.3) is 22.6 Å². The maximum atomic E-state index is 13.3. The molecule has 0 aliphatic heterocycles. The van der Waals surface area contributed by atoms with E-state index in [1.165, 1.54) is 36.4 Å². The van der Waals surface area contributed by atoms with Gasteiger partial charge in [0.15, 0.2) is 5.58 Å². The second kappa shape index (κ2) is 6.29. The summed E-state index contributed by atoms with van der Waals surface area (Å²) in [7, 11) is 0. The molecule has 4 aromatic rings. The minimum absolute atomic E-state index is 0.0479. The smallest absolute Gasteiger partial charge is 0.255 e. The Kier molecular flexibility index (Phi) is 3.81. The Balaban J connectivity index is 1.67. The standard InChI is InChI=1S/C19H12FN3O3/c20-12-3-1-2-11(8-12)18(25)22-13-4-5-16(24)14(9-13)19-23-15-10-21-7-6-17(15)26-19/h1-10,24H,(H,22,25). The van der Waals surface area contributed by atoms with Crippen molar-refractivity contribution in [3.05, 3.63) is 72.3 Å². The molecule has 2 heterocycles. The van der Waals surface area contributed by atoms with Crippen molar-refractivity contribution in [3.8, 4) is 17.2 Å². The topological polar surface area (TPSA) is 88.2 Å². The lowest BCUT2D eigenvalue weighted by atomic mass is 10.1. The molecule has 0 atom stereocenters. The molecule has 1 amide bonds. The quantitative estimate of drug-likeness (QED) is 0.546. The summed E-state index contributed by atoms with van der Waals surface area (Å²) in [6, 6.07) is 11.5. The fraction of sp³-hybridized carbons (Fsp3) is 0. The van der Waals surface area contributed by atoms with Crippen LogP contribution in [0, 0.1) is 5.82 Å². The number of phenolic OH excluding ortho intramolecular Hbond substituents is 1. The zero-order valence-corrected chi connectivity index (χ0v) is 13.3. The highest BCUT2D eigenvalue weighted by atomic mass is 19.1. The monoisotopic (exact) mass is 349 g/mol. The Bertz CT molecular complexity index is 1090. The molecule has 2 N–H and O–H groups in total. The van der Waals surface area contributed by atoms with Gasteiger partial charge in [-0.2, -0.15) is 0 Å². The Hall–Kier alpha value is -3.74. The molecular formula is C19H12FN3O3. The number of hydrogen-bond donors (Lipinski definition) is 2. The third-order valence-electron chi connectivity index (χ3n) is 3.76. The zero-order chi connectivity index (χ0) is 18.1.